The van der Waals surface area contributed by atoms with Gasteiger partial charge in [-0.3, -0.25) is 9.78 Å². The predicted molar refractivity (Wildman–Crippen MR) is 75.9 cm³/mol. The van der Waals surface area contributed by atoms with Gasteiger partial charge in [0.25, 0.3) is 5.91 Å². The van der Waals surface area contributed by atoms with Crippen molar-refractivity contribution < 1.29 is 18.0 Å². The monoisotopic (exact) mass is 304 g/mol. The molecule has 0 saturated carbocycles. The highest BCUT2D eigenvalue weighted by Gasteiger charge is 2.36. The number of rotatable bonds is 2. The molecule has 0 unspecified atom stereocenters. The van der Waals surface area contributed by atoms with Crippen LogP contribution >= 0.6 is 0 Å². The second-order valence-electron chi connectivity index (χ2n) is 4.62. The minimum atomic E-state index is -4.65. The van der Waals surface area contributed by atoms with Crippen LogP contribution in [0.2, 0.25) is 0 Å². The highest BCUT2D eigenvalue weighted by Crippen LogP contribution is 2.38. The molecule has 1 amide bonds. The molecule has 1 aromatic heterocycles. The Balaban J connectivity index is 2.83. The van der Waals surface area contributed by atoms with E-state index in [-0.39, 0.29) is 11.1 Å². The number of aromatic nitrogens is 1. The van der Waals surface area contributed by atoms with Gasteiger partial charge < -0.3 is 5.73 Å². The van der Waals surface area contributed by atoms with E-state index >= 15 is 0 Å². The number of hydrogen-bond donors (Lipinski definition) is 1. The molecule has 1 aromatic carbocycles. The average Bonchev–Trinajstić information content (AvgIpc) is 2.46. The zero-order valence-electron chi connectivity index (χ0n) is 11.5. The number of terminal acetylenes is 1. The third-order valence-electron chi connectivity index (χ3n) is 3.17. The van der Waals surface area contributed by atoms with Crippen molar-refractivity contribution in [3.8, 4) is 23.5 Å². The highest BCUT2D eigenvalue weighted by molar-refractivity contribution is 5.99. The fraction of sp³-hybridized carbons (Fsp3) is 0.125. The van der Waals surface area contributed by atoms with Crippen molar-refractivity contribution in [1.82, 2.24) is 4.98 Å². The number of nitrogens with zero attached hydrogens (tertiary/aromatic N) is 1. The van der Waals surface area contributed by atoms with Gasteiger partial charge in [0.2, 0.25) is 0 Å². The lowest BCUT2D eigenvalue weighted by Gasteiger charge is -2.15. The van der Waals surface area contributed by atoms with E-state index in [0.717, 1.165) is 17.8 Å². The molecule has 0 saturated heterocycles. The summed E-state index contributed by atoms with van der Waals surface area (Å²) in [6.45, 7) is 1.74. The minimum Gasteiger partial charge on any atom is -0.364 e. The number of aryl methyl sites for hydroxylation is 1. The van der Waals surface area contributed by atoms with Crippen molar-refractivity contribution in [2.24, 2.45) is 5.73 Å². The van der Waals surface area contributed by atoms with Gasteiger partial charge in [-0.05, 0) is 30.2 Å². The van der Waals surface area contributed by atoms with Crippen LogP contribution in [0.15, 0.2) is 30.5 Å². The minimum absolute atomic E-state index is 0.146. The zero-order chi connectivity index (χ0) is 16.5. The molecule has 0 aliphatic carbocycles. The molecule has 1 heterocycles. The van der Waals surface area contributed by atoms with Crippen LogP contribution in [-0.2, 0) is 6.18 Å². The molecule has 0 radical (unpaired) electrons. The van der Waals surface area contributed by atoms with Crippen molar-refractivity contribution in [3.63, 3.8) is 0 Å². The summed E-state index contributed by atoms with van der Waals surface area (Å²) >= 11 is 0. The third kappa shape index (κ3) is 2.79. The molecule has 2 rings (SSSR count). The lowest BCUT2D eigenvalue weighted by atomic mass is 9.94. The highest BCUT2D eigenvalue weighted by atomic mass is 19.4. The first-order chi connectivity index (χ1) is 10.3. The molecule has 2 aromatic rings. The molecule has 0 atom stereocenters. The normalized spacial score (nSPS) is 11.0. The second kappa shape index (κ2) is 5.53. The molecular formula is C16H11F3N2O. The second-order valence-corrected chi connectivity index (χ2v) is 4.62. The number of primary amides is 1. The quantitative estimate of drug-likeness (QED) is 0.866. The van der Waals surface area contributed by atoms with E-state index in [0.29, 0.717) is 5.56 Å². The fourth-order valence-corrected chi connectivity index (χ4v) is 2.11. The Morgan fingerprint density at radius 3 is 2.55 bits per heavy atom. The van der Waals surface area contributed by atoms with Crippen LogP contribution < -0.4 is 5.73 Å². The number of amides is 1. The number of benzene rings is 1. The molecule has 2 N–H and O–H groups in total. The first kappa shape index (κ1) is 15.6. The number of halogens is 3. The third-order valence-corrected chi connectivity index (χ3v) is 3.17. The summed E-state index contributed by atoms with van der Waals surface area (Å²) in [7, 11) is 0. The Morgan fingerprint density at radius 2 is 2.00 bits per heavy atom. The Hall–Kier alpha value is -2.81. The molecule has 112 valence electrons. The summed E-state index contributed by atoms with van der Waals surface area (Å²) < 4.78 is 39.7. The maximum absolute atomic E-state index is 13.2. The van der Waals surface area contributed by atoms with E-state index in [4.69, 9.17) is 12.2 Å². The lowest BCUT2D eigenvalue weighted by molar-refractivity contribution is -0.137. The summed E-state index contributed by atoms with van der Waals surface area (Å²) in [6, 6.07) is 5.25. The average molecular weight is 304 g/mol. The molecule has 0 aliphatic heterocycles. The zero-order valence-corrected chi connectivity index (χ0v) is 11.5. The Kier molecular flexibility index (Phi) is 3.91. The van der Waals surface area contributed by atoms with Crippen LogP contribution in [0.4, 0.5) is 13.2 Å². The van der Waals surface area contributed by atoms with Gasteiger partial charge in [-0.2, -0.15) is 13.2 Å². The number of alkyl halides is 3. The van der Waals surface area contributed by atoms with Gasteiger partial charge in [-0.1, -0.05) is 18.1 Å². The molecule has 0 spiro atoms. The van der Waals surface area contributed by atoms with Gasteiger partial charge in [-0.25, -0.2) is 0 Å². The summed E-state index contributed by atoms with van der Waals surface area (Å²) in [5.41, 5.74) is 4.69. The molecular weight excluding hydrogens is 293 g/mol. The van der Waals surface area contributed by atoms with E-state index in [2.05, 4.69) is 10.9 Å². The lowest BCUT2D eigenvalue weighted by Crippen LogP contribution is -2.18. The van der Waals surface area contributed by atoms with Crippen LogP contribution in [0.3, 0.4) is 0 Å². The summed E-state index contributed by atoms with van der Waals surface area (Å²) in [5, 5.41) is 0. The molecule has 0 fully saturated rings. The van der Waals surface area contributed by atoms with Crippen molar-refractivity contribution in [2.45, 2.75) is 13.1 Å². The molecule has 3 nitrogen and oxygen atoms in total. The number of pyridine rings is 1. The number of hydrogen-bond acceptors (Lipinski definition) is 2. The van der Waals surface area contributed by atoms with Gasteiger partial charge in [0.15, 0.2) is 0 Å². The van der Waals surface area contributed by atoms with E-state index in [9.17, 15) is 18.0 Å². The summed E-state index contributed by atoms with van der Waals surface area (Å²) in [5.74, 6) is 1.36. The topological polar surface area (TPSA) is 56.0 Å². The number of carbonyl (C=O) groups excluding carboxylic acids is 1. The van der Waals surface area contributed by atoms with Gasteiger partial charge in [0.05, 0.1) is 5.56 Å². The number of nitrogens with two attached hydrogens (primary N) is 1. The maximum Gasteiger partial charge on any atom is 0.417 e. The molecule has 6 heteroatoms. The standard InChI is InChI=1S/C16H11F3N2O/c1-3-10-8-11(5-4-9(10)2)13-12(16(17,18)19)6-7-21-14(13)15(20)22/h1,4-8H,2H3,(H2,20,22). The first-order valence-corrected chi connectivity index (χ1v) is 6.19. The maximum atomic E-state index is 13.2. The van der Waals surface area contributed by atoms with Crippen molar-refractivity contribution in [3.05, 3.63) is 52.8 Å². The van der Waals surface area contributed by atoms with Crippen LogP contribution in [0.1, 0.15) is 27.2 Å². The van der Waals surface area contributed by atoms with Crippen LogP contribution in [0.25, 0.3) is 11.1 Å². The molecule has 0 aliphatic rings. The number of carbonyl (C=O) groups is 1. The SMILES string of the molecule is C#Cc1cc(-c2c(C(F)(F)F)ccnc2C(N)=O)ccc1C. The first-order valence-electron chi connectivity index (χ1n) is 6.19. The van der Waals surface area contributed by atoms with Gasteiger partial charge in [0.1, 0.15) is 5.69 Å². The van der Waals surface area contributed by atoms with Crippen LogP contribution in [0.5, 0.6) is 0 Å². The van der Waals surface area contributed by atoms with E-state index in [1.807, 2.05) is 0 Å². The van der Waals surface area contributed by atoms with Gasteiger partial charge in [0, 0.05) is 17.3 Å². The van der Waals surface area contributed by atoms with Crippen molar-refractivity contribution in [2.75, 3.05) is 0 Å². The van der Waals surface area contributed by atoms with E-state index < -0.39 is 23.3 Å². The Morgan fingerprint density at radius 1 is 1.32 bits per heavy atom. The van der Waals surface area contributed by atoms with Crippen molar-refractivity contribution in [1.29, 1.82) is 0 Å². The van der Waals surface area contributed by atoms with E-state index in [1.165, 1.54) is 12.1 Å². The van der Waals surface area contributed by atoms with E-state index in [1.54, 1.807) is 13.0 Å². The summed E-state index contributed by atoms with van der Waals surface area (Å²) in [6.07, 6.45) is 1.60. The van der Waals surface area contributed by atoms with Gasteiger partial charge >= 0.3 is 6.18 Å². The largest absolute Gasteiger partial charge is 0.417 e. The van der Waals surface area contributed by atoms with Crippen molar-refractivity contribution >= 4 is 5.91 Å². The smallest absolute Gasteiger partial charge is 0.364 e. The fourth-order valence-electron chi connectivity index (χ4n) is 2.11. The molecule has 0 bridgehead atoms. The Labute approximate surface area is 125 Å². The Bertz CT molecular complexity index is 789. The predicted octanol–water partition coefficient (Wildman–Crippen LogP) is 3.16. The van der Waals surface area contributed by atoms with Gasteiger partial charge in [-0.15, -0.1) is 6.42 Å². The summed E-state index contributed by atoms with van der Waals surface area (Å²) in [4.78, 5) is 15.1. The van der Waals surface area contributed by atoms with Crippen LogP contribution in [-0.4, -0.2) is 10.9 Å². The molecule has 22 heavy (non-hydrogen) atoms. The van der Waals surface area contributed by atoms with Crippen LogP contribution in [0, 0.1) is 19.3 Å².